The van der Waals surface area contributed by atoms with Gasteiger partial charge in [0.1, 0.15) is 0 Å². The van der Waals surface area contributed by atoms with Gasteiger partial charge in [-0.1, -0.05) is 36.2 Å². The Bertz CT molecular complexity index is 367. The highest BCUT2D eigenvalue weighted by Gasteiger charge is 2.11. The molecule has 0 saturated carbocycles. The average molecular weight is 289 g/mol. The summed E-state index contributed by atoms with van der Waals surface area (Å²) in [5, 5.41) is 4.96. The zero-order valence-electron chi connectivity index (χ0n) is 11.3. The number of nitrogens with one attached hydrogen (secondary N) is 1. The van der Waals surface area contributed by atoms with Gasteiger partial charge in [0.25, 0.3) is 0 Å². The number of halogens is 2. The second kappa shape index (κ2) is 8.00. The summed E-state index contributed by atoms with van der Waals surface area (Å²) in [7, 11) is 4.19. The molecule has 1 N–H and O–H groups in total. The Balaban J connectivity index is 2.64. The number of hydrogen-bond acceptors (Lipinski definition) is 2. The lowest BCUT2D eigenvalue weighted by molar-refractivity contribution is 0.358. The molecule has 1 rings (SSSR count). The third-order valence-electron chi connectivity index (χ3n) is 2.90. The molecule has 1 aromatic rings. The third kappa shape index (κ3) is 5.57. The summed E-state index contributed by atoms with van der Waals surface area (Å²) in [4.78, 5) is 2.20. The smallest absolute Gasteiger partial charge is 0.0453 e. The second-order valence-corrected chi connectivity index (χ2v) is 5.63. The van der Waals surface area contributed by atoms with Crippen LogP contribution in [0.15, 0.2) is 18.2 Å². The van der Waals surface area contributed by atoms with E-state index in [1.807, 2.05) is 18.2 Å². The van der Waals surface area contributed by atoms with Crippen LogP contribution >= 0.6 is 23.2 Å². The molecule has 0 fully saturated rings. The average Bonchev–Trinajstić information content (AvgIpc) is 2.29. The van der Waals surface area contributed by atoms with Gasteiger partial charge in [-0.2, -0.15) is 0 Å². The van der Waals surface area contributed by atoms with Crippen molar-refractivity contribution in [2.24, 2.45) is 0 Å². The lowest BCUT2D eigenvalue weighted by Gasteiger charge is -2.20. The maximum absolute atomic E-state index is 6.21. The number of likely N-dealkylation sites (N-methyl/N-ethyl adjacent to an activating group) is 1. The van der Waals surface area contributed by atoms with Crippen molar-refractivity contribution in [1.82, 2.24) is 10.2 Å². The van der Waals surface area contributed by atoms with Gasteiger partial charge in [-0.25, -0.2) is 0 Å². The molecule has 0 aliphatic carbocycles. The molecule has 0 aliphatic rings. The molecule has 0 amide bonds. The van der Waals surface area contributed by atoms with Gasteiger partial charge in [0.2, 0.25) is 0 Å². The van der Waals surface area contributed by atoms with Gasteiger partial charge >= 0.3 is 0 Å². The van der Waals surface area contributed by atoms with Crippen molar-refractivity contribution in [3.8, 4) is 0 Å². The van der Waals surface area contributed by atoms with E-state index in [1.54, 1.807) is 0 Å². The van der Waals surface area contributed by atoms with Crippen LogP contribution in [0.25, 0.3) is 0 Å². The first kappa shape index (κ1) is 15.8. The van der Waals surface area contributed by atoms with Crippen molar-refractivity contribution in [3.63, 3.8) is 0 Å². The fourth-order valence-corrected chi connectivity index (χ4v) is 2.42. The van der Waals surface area contributed by atoms with E-state index >= 15 is 0 Å². The first-order valence-electron chi connectivity index (χ1n) is 6.35. The number of hydrogen-bond donors (Lipinski definition) is 1. The second-order valence-electron chi connectivity index (χ2n) is 4.79. The molecule has 18 heavy (non-hydrogen) atoms. The summed E-state index contributed by atoms with van der Waals surface area (Å²) in [5.41, 5.74) is 1.16. The van der Waals surface area contributed by atoms with Crippen LogP contribution in [0.2, 0.25) is 10.0 Å². The molecule has 0 spiro atoms. The summed E-state index contributed by atoms with van der Waals surface area (Å²) in [6, 6.07) is 6.19. The zero-order valence-corrected chi connectivity index (χ0v) is 12.9. The quantitative estimate of drug-likeness (QED) is 0.827. The topological polar surface area (TPSA) is 15.3 Å². The molecule has 1 aromatic carbocycles. The van der Waals surface area contributed by atoms with E-state index in [0.717, 1.165) is 36.5 Å². The highest BCUT2D eigenvalue weighted by molar-refractivity contribution is 6.35. The molecule has 0 aromatic heterocycles. The van der Waals surface area contributed by atoms with Gasteiger partial charge in [0.05, 0.1) is 0 Å². The van der Waals surface area contributed by atoms with Crippen LogP contribution in [0, 0.1) is 0 Å². The molecule has 1 atom stereocenters. The molecule has 4 heteroatoms. The lowest BCUT2D eigenvalue weighted by Crippen LogP contribution is -2.34. The van der Waals surface area contributed by atoms with Crippen molar-refractivity contribution >= 4 is 23.2 Å². The van der Waals surface area contributed by atoms with E-state index in [-0.39, 0.29) is 0 Å². The summed E-state index contributed by atoms with van der Waals surface area (Å²) < 4.78 is 0. The third-order valence-corrected chi connectivity index (χ3v) is 3.49. The van der Waals surface area contributed by atoms with E-state index in [2.05, 4.69) is 31.2 Å². The maximum Gasteiger partial charge on any atom is 0.0453 e. The highest BCUT2D eigenvalue weighted by atomic mass is 35.5. The van der Waals surface area contributed by atoms with E-state index < -0.39 is 0 Å². The minimum Gasteiger partial charge on any atom is -0.314 e. The van der Waals surface area contributed by atoms with Gasteiger partial charge in [-0.3, -0.25) is 0 Å². The standard InChI is InChI=1S/C14H22Cl2N2/c1-4-17-13(7-8-18(2)3)9-11-5-6-12(15)10-14(11)16/h5-6,10,13,17H,4,7-9H2,1-3H3. The predicted molar refractivity (Wildman–Crippen MR) is 80.8 cm³/mol. The summed E-state index contributed by atoms with van der Waals surface area (Å²) in [6.07, 6.45) is 2.05. The molecular weight excluding hydrogens is 267 g/mol. The monoisotopic (exact) mass is 288 g/mol. The van der Waals surface area contributed by atoms with Gasteiger partial charge in [0, 0.05) is 16.1 Å². The SMILES string of the molecule is CCNC(CCN(C)C)Cc1ccc(Cl)cc1Cl. The summed E-state index contributed by atoms with van der Waals surface area (Å²) >= 11 is 12.1. The first-order chi connectivity index (χ1) is 8.52. The van der Waals surface area contributed by atoms with Crippen LogP contribution in [-0.2, 0) is 6.42 Å². The molecule has 102 valence electrons. The van der Waals surface area contributed by atoms with Crippen LogP contribution in [0.4, 0.5) is 0 Å². The Labute approximate surface area is 120 Å². The van der Waals surface area contributed by atoms with Crippen LogP contribution < -0.4 is 5.32 Å². The molecule has 0 aliphatic heterocycles. The Morgan fingerprint density at radius 2 is 2.00 bits per heavy atom. The van der Waals surface area contributed by atoms with Crippen molar-refractivity contribution in [3.05, 3.63) is 33.8 Å². The van der Waals surface area contributed by atoms with Crippen LogP contribution in [-0.4, -0.2) is 38.1 Å². The first-order valence-corrected chi connectivity index (χ1v) is 7.10. The zero-order chi connectivity index (χ0) is 13.5. The molecule has 0 bridgehead atoms. The Hall–Kier alpha value is -0.280. The molecule has 0 radical (unpaired) electrons. The number of rotatable bonds is 7. The van der Waals surface area contributed by atoms with Crippen LogP contribution in [0.5, 0.6) is 0 Å². The Morgan fingerprint density at radius 1 is 1.28 bits per heavy atom. The molecule has 2 nitrogen and oxygen atoms in total. The minimum absolute atomic E-state index is 0.455. The highest BCUT2D eigenvalue weighted by Crippen LogP contribution is 2.22. The van der Waals surface area contributed by atoms with Crippen molar-refractivity contribution in [2.45, 2.75) is 25.8 Å². The Kier molecular flexibility index (Phi) is 7.02. The predicted octanol–water partition coefficient (Wildman–Crippen LogP) is 3.47. The van der Waals surface area contributed by atoms with Gasteiger partial charge in [-0.05, 0) is 57.7 Å². The number of nitrogens with zero attached hydrogens (tertiary/aromatic N) is 1. The fraction of sp³-hybridized carbons (Fsp3) is 0.571. The molecule has 1 unspecified atom stereocenters. The van der Waals surface area contributed by atoms with Gasteiger partial charge < -0.3 is 10.2 Å². The van der Waals surface area contributed by atoms with Crippen molar-refractivity contribution < 1.29 is 0 Å². The van der Waals surface area contributed by atoms with Crippen molar-refractivity contribution in [2.75, 3.05) is 27.2 Å². The number of benzene rings is 1. The summed E-state index contributed by atoms with van der Waals surface area (Å²) in [6.45, 7) is 4.18. The fourth-order valence-electron chi connectivity index (χ4n) is 1.93. The summed E-state index contributed by atoms with van der Waals surface area (Å²) in [5.74, 6) is 0. The molecule has 0 saturated heterocycles. The largest absolute Gasteiger partial charge is 0.314 e. The van der Waals surface area contributed by atoms with Gasteiger partial charge in [0.15, 0.2) is 0 Å². The molecule has 0 heterocycles. The minimum atomic E-state index is 0.455. The Morgan fingerprint density at radius 3 is 2.56 bits per heavy atom. The van der Waals surface area contributed by atoms with Gasteiger partial charge in [-0.15, -0.1) is 0 Å². The normalized spacial score (nSPS) is 13.0. The van der Waals surface area contributed by atoms with Crippen LogP contribution in [0.1, 0.15) is 18.9 Å². The molecular formula is C14H22Cl2N2. The van der Waals surface area contributed by atoms with Crippen molar-refractivity contribution in [1.29, 1.82) is 0 Å². The maximum atomic E-state index is 6.21. The van der Waals surface area contributed by atoms with E-state index in [9.17, 15) is 0 Å². The van der Waals surface area contributed by atoms with E-state index in [0.29, 0.717) is 11.1 Å². The lowest BCUT2D eigenvalue weighted by atomic mass is 10.0. The van der Waals surface area contributed by atoms with Crippen LogP contribution in [0.3, 0.4) is 0 Å². The van der Waals surface area contributed by atoms with E-state index in [4.69, 9.17) is 23.2 Å². The van der Waals surface area contributed by atoms with E-state index in [1.165, 1.54) is 0 Å².